The lowest BCUT2D eigenvalue weighted by Gasteiger charge is -2.10. The zero-order chi connectivity index (χ0) is 24.5. The molecule has 5 nitrogen and oxygen atoms in total. The monoisotopic (exact) mass is 504 g/mol. The number of rotatable bonds is 7. The fraction of sp³-hybridized carbons (Fsp3) is 0.321. The summed E-state index contributed by atoms with van der Waals surface area (Å²) < 4.78 is 2.04. The Morgan fingerprint density at radius 3 is 2.46 bits per heavy atom. The van der Waals surface area contributed by atoms with Crippen molar-refractivity contribution in [3.63, 3.8) is 0 Å². The van der Waals surface area contributed by atoms with Crippen molar-refractivity contribution in [3.05, 3.63) is 98.4 Å². The molecule has 0 spiro atoms. The molecule has 1 unspecified atom stereocenters. The van der Waals surface area contributed by atoms with E-state index in [0.717, 1.165) is 46.9 Å². The van der Waals surface area contributed by atoms with E-state index in [4.69, 9.17) is 16.6 Å². The summed E-state index contributed by atoms with van der Waals surface area (Å²) in [5, 5.41) is 20.5. The van der Waals surface area contributed by atoms with Gasteiger partial charge in [0.1, 0.15) is 16.9 Å². The highest BCUT2D eigenvalue weighted by molar-refractivity contribution is 7.15. The van der Waals surface area contributed by atoms with E-state index in [1.54, 1.807) is 11.3 Å². The third-order valence-corrected chi connectivity index (χ3v) is 7.79. The van der Waals surface area contributed by atoms with Crippen LogP contribution in [0, 0.1) is 12.8 Å². The molecule has 0 radical (unpaired) electrons. The molecule has 35 heavy (non-hydrogen) atoms. The van der Waals surface area contributed by atoms with Crippen molar-refractivity contribution in [2.75, 3.05) is 6.61 Å². The van der Waals surface area contributed by atoms with Gasteiger partial charge in [-0.05, 0) is 55.4 Å². The number of thiophene rings is 1. The van der Waals surface area contributed by atoms with Gasteiger partial charge in [0, 0.05) is 21.0 Å². The highest BCUT2D eigenvalue weighted by atomic mass is 35.5. The Bertz CT molecular complexity index is 1370. The van der Waals surface area contributed by atoms with Crippen LogP contribution in [0.1, 0.15) is 58.7 Å². The van der Waals surface area contributed by atoms with Gasteiger partial charge in [-0.1, -0.05) is 67.9 Å². The number of fused-ring (bicyclic) bond motifs is 3. The van der Waals surface area contributed by atoms with Gasteiger partial charge in [0.2, 0.25) is 0 Å². The summed E-state index contributed by atoms with van der Waals surface area (Å²) >= 11 is 8.34. The molecule has 1 atom stereocenters. The molecule has 180 valence electrons. The molecule has 3 heterocycles. The third-order valence-electron chi connectivity index (χ3n) is 6.28. The first kappa shape index (κ1) is 23.9. The molecule has 2 aromatic carbocycles. The first-order valence-corrected chi connectivity index (χ1v) is 13.2. The van der Waals surface area contributed by atoms with Crippen molar-refractivity contribution >= 4 is 28.6 Å². The zero-order valence-electron chi connectivity index (χ0n) is 20.2. The van der Waals surface area contributed by atoms with E-state index in [0.29, 0.717) is 16.8 Å². The van der Waals surface area contributed by atoms with Gasteiger partial charge in [0.15, 0.2) is 5.82 Å². The quantitative estimate of drug-likeness (QED) is 0.328. The molecule has 0 amide bonds. The largest absolute Gasteiger partial charge is 0.394 e. The van der Waals surface area contributed by atoms with Crippen molar-refractivity contribution < 1.29 is 5.11 Å². The number of aliphatic imine (C=N–C) groups is 1. The highest BCUT2D eigenvalue weighted by Crippen LogP contribution is 2.37. The molecular formula is C28H29ClN4OS. The molecule has 2 aromatic heterocycles. The van der Waals surface area contributed by atoms with Gasteiger partial charge in [-0.15, -0.1) is 21.5 Å². The van der Waals surface area contributed by atoms with Crippen molar-refractivity contribution in [2.45, 2.75) is 46.1 Å². The Kier molecular flexibility index (Phi) is 6.87. The predicted molar refractivity (Wildman–Crippen MR) is 143 cm³/mol. The Morgan fingerprint density at radius 1 is 1.00 bits per heavy atom. The van der Waals surface area contributed by atoms with Gasteiger partial charge in [0.25, 0.3) is 0 Å². The first-order valence-electron chi connectivity index (χ1n) is 12.0. The van der Waals surface area contributed by atoms with E-state index in [-0.39, 0.29) is 6.61 Å². The van der Waals surface area contributed by atoms with E-state index >= 15 is 0 Å². The van der Waals surface area contributed by atoms with Crippen LogP contribution in [0.2, 0.25) is 5.02 Å². The van der Waals surface area contributed by atoms with Crippen LogP contribution in [0.5, 0.6) is 0 Å². The van der Waals surface area contributed by atoms with Gasteiger partial charge in [-0.25, -0.2) is 0 Å². The lowest BCUT2D eigenvalue weighted by molar-refractivity contribution is 0.263. The van der Waals surface area contributed by atoms with Crippen molar-refractivity contribution in [1.29, 1.82) is 0 Å². The fourth-order valence-corrected chi connectivity index (χ4v) is 6.03. The average Bonchev–Trinajstić information content (AvgIpc) is 3.40. The third kappa shape index (κ3) is 4.83. The maximum atomic E-state index is 10.1. The fourth-order valence-electron chi connectivity index (χ4n) is 4.59. The maximum Gasteiger partial charge on any atom is 0.165 e. The predicted octanol–water partition coefficient (Wildman–Crippen LogP) is 6.16. The second-order valence-electron chi connectivity index (χ2n) is 9.44. The second-order valence-corrected chi connectivity index (χ2v) is 11.0. The van der Waals surface area contributed by atoms with Crippen molar-refractivity contribution in [3.8, 4) is 5.00 Å². The summed E-state index contributed by atoms with van der Waals surface area (Å²) in [5.41, 5.74) is 5.37. The molecule has 0 fully saturated rings. The van der Waals surface area contributed by atoms with Crippen LogP contribution >= 0.6 is 22.9 Å². The molecule has 0 saturated heterocycles. The van der Waals surface area contributed by atoms with E-state index < -0.39 is 6.04 Å². The van der Waals surface area contributed by atoms with Crippen molar-refractivity contribution in [1.82, 2.24) is 14.8 Å². The van der Waals surface area contributed by atoms with E-state index in [2.05, 4.69) is 54.4 Å². The molecule has 0 bridgehead atoms. The number of aromatic nitrogens is 3. The molecule has 1 aliphatic rings. The van der Waals surface area contributed by atoms with E-state index in [1.165, 1.54) is 16.0 Å². The van der Waals surface area contributed by atoms with E-state index in [1.807, 2.05) is 35.8 Å². The zero-order valence-corrected chi connectivity index (χ0v) is 21.8. The molecule has 1 N–H and O–H groups in total. The van der Waals surface area contributed by atoms with E-state index in [9.17, 15) is 5.11 Å². The summed E-state index contributed by atoms with van der Waals surface area (Å²) in [5.74, 6) is 2.10. The van der Waals surface area contributed by atoms with Crippen LogP contribution in [0.15, 0.2) is 59.6 Å². The summed E-state index contributed by atoms with van der Waals surface area (Å²) in [7, 11) is 0. The van der Waals surface area contributed by atoms with Gasteiger partial charge < -0.3 is 5.11 Å². The van der Waals surface area contributed by atoms with Crippen molar-refractivity contribution in [2.24, 2.45) is 10.9 Å². The number of hydrogen-bond acceptors (Lipinski definition) is 5. The maximum absolute atomic E-state index is 10.1. The molecule has 1 aliphatic heterocycles. The van der Waals surface area contributed by atoms with Crippen LogP contribution in [-0.4, -0.2) is 32.2 Å². The second kappa shape index (κ2) is 10.1. The number of hydrogen-bond donors (Lipinski definition) is 1. The Morgan fingerprint density at radius 2 is 1.74 bits per heavy atom. The summed E-state index contributed by atoms with van der Waals surface area (Å²) in [6.07, 6.45) is 3.00. The van der Waals surface area contributed by atoms with Gasteiger partial charge in [0.05, 0.1) is 12.3 Å². The van der Waals surface area contributed by atoms with Crippen LogP contribution in [0.25, 0.3) is 5.00 Å². The summed E-state index contributed by atoms with van der Waals surface area (Å²) in [4.78, 5) is 6.22. The topological polar surface area (TPSA) is 63.3 Å². The summed E-state index contributed by atoms with van der Waals surface area (Å²) in [6.45, 7) is 6.29. The Balaban J connectivity index is 1.51. The highest BCUT2D eigenvalue weighted by Gasteiger charge is 2.30. The first-order chi connectivity index (χ1) is 16.9. The van der Waals surface area contributed by atoms with Crippen LogP contribution in [-0.2, 0) is 19.3 Å². The number of benzene rings is 2. The number of aliphatic hydroxyl groups is 1. The number of halogens is 1. The molecule has 0 saturated carbocycles. The SMILES string of the molecule is Cc1nnc2n1-c1sc(CCc3ccc(CC(C)C)cc3)cc1C(c1ccccc1Cl)=NC2CO. The molecule has 7 heteroatoms. The lowest BCUT2D eigenvalue weighted by Crippen LogP contribution is -2.09. The lowest BCUT2D eigenvalue weighted by atomic mass is 10.00. The molecule has 4 aromatic rings. The smallest absolute Gasteiger partial charge is 0.165 e. The standard InChI is InChI=1S/C28H29ClN4OS/c1-17(2)14-20-10-8-19(9-11-20)12-13-21-15-23-26(22-6-4-5-7-24(22)29)30-25(16-34)27-32-31-18(3)33(27)28(23)35-21/h4-11,15,17,25,34H,12-14,16H2,1-3H3. The minimum absolute atomic E-state index is 0.152. The number of aryl methyl sites for hydroxylation is 3. The van der Waals surface area contributed by atoms with Gasteiger partial charge >= 0.3 is 0 Å². The van der Waals surface area contributed by atoms with Crippen LogP contribution in [0.3, 0.4) is 0 Å². The Hall–Kier alpha value is -2.80. The van der Waals surface area contributed by atoms with Gasteiger partial charge in [-0.3, -0.25) is 9.56 Å². The normalized spacial score (nSPS) is 15.0. The minimum atomic E-state index is -0.505. The average molecular weight is 505 g/mol. The number of nitrogens with zero attached hydrogens (tertiary/aromatic N) is 4. The summed E-state index contributed by atoms with van der Waals surface area (Å²) in [6, 6.07) is 18.5. The Labute approximate surface area is 215 Å². The van der Waals surface area contributed by atoms with Crippen LogP contribution < -0.4 is 0 Å². The minimum Gasteiger partial charge on any atom is -0.394 e. The van der Waals surface area contributed by atoms with Crippen LogP contribution in [0.4, 0.5) is 0 Å². The number of aliphatic hydroxyl groups excluding tert-OH is 1. The molecule has 5 rings (SSSR count). The molecular weight excluding hydrogens is 476 g/mol. The molecule has 0 aliphatic carbocycles. The van der Waals surface area contributed by atoms with Gasteiger partial charge in [-0.2, -0.15) is 0 Å².